The third-order valence-corrected chi connectivity index (χ3v) is 4.60. The highest BCUT2D eigenvalue weighted by Gasteiger charge is 2.16. The van der Waals surface area contributed by atoms with Gasteiger partial charge in [-0.25, -0.2) is 4.99 Å². The van der Waals surface area contributed by atoms with Crippen LogP contribution in [-0.2, 0) is 13.1 Å². The van der Waals surface area contributed by atoms with Crippen LogP contribution in [0.3, 0.4) is 0 Å². The Morgan fingerprint density at radius 1 is 0.935 bits per heavy atom. The van der Waals surface area contributed by atoms with Crippen molar-refractivity contribution >= 4 is 11.9 Å². The summed E-state index contributed by atoms with van der Waals surface area (Å²) in [5, 5.41) is 6.55. The number of carbonyl (C=O) groups excluding carboxylic acids is 1. The van der Waals surface area contributed by atoms with Gasteiger partial charge in [-0.1, -0.05) is 12.1 Å². The number of carbonyl (C=O) groups is 1. The molecule has 0 atom stereocenters. The van der Waals surface area contributed by atoms with E-state index in [1.54, 1.807) is 40.3 Å². The Morgan fingerprint density at radius 3 is 2.16 bits per heavy atom. The van der Waals surface area contributed by atoms with Crippen LogP contribution in [0.4, 0.5) is 0 Å². The zero-order chi connectivity index (χ0) is 22.8. The Labute approximate surface area is 184 Å². The molecule has 0 aliphatic rings. The molecule has 2 aromatic rings. The maximum absolute atomic E-state index is 12.0. The molecule has 0 spiro atoms. The largest absolute Gasteiger partial charge is 0.493 e. The number of rotatable bonds is 9. The Kier molecular flexibility index (Phi) is 8.99. The second-order valence-corrected chi connectivity index (χ2v) is 6.94. The topological polar surface area (TPSA) is 84.4 Å². The third-order valence-electron chi connectivity index (χ3n) is 4.60. The molecule has 0 bridgehead atoms. The summed E-state index contributed by atoms with van der Waals surface area (Å²) in [7, 11) is 8.25. The molecule has 0 heterocycles. The second-order valence-electron chi connectivity index (χ2n) is 6.94. The number of aliphatic imine (C=N–C) groups is 1. The molecule has 31 heavy (non-hydrogen) atoms. The van der Waals surface area contributed by atoms with Crippen molar-refractivity contribution in [3.8, 4) is 17.2 Å². The molecule has 0 unspecified atom stereocenters. The summed E-state index contributed by atoms with van der Waals surface area (Å²) >= 11 is 0. The Bertz CT molecular complexity index is 895. The maximum atomic E-state index is 12.0. The van der Waals surface area contributed by atoms with Crippen molar-refractivity contribution in [3.05, 3.63) is 53.1 Å². The summed E-state index contributed by atoms with van der Waals surface area (Å²) in [6, 6.07) is 11.3. The van der Waals surface area contributed by atoms with Crippen LogP contribution in [0.2, 0.25) is 0 Å². The fraction of sp³-hybridized carbons (Fsp3) is 0.391. The van der Waals surface area contributed by atoms with Crippen LogP contribution in [0.5, 0.6) is 17.2 Å². The molecule has 0 aliphatic heterocycles. The number of nitrogens with one attached hydrogen (secondary N) is 2. The van der Waals surface area contributed by atoms with E-state index in [1.165, 1.54) is 0 Å². The summed E-state index contributed by atoms with van der Waals surface area (Å²) in [4.78, 5) is 18.2. The molecule has 0 saturated carbocycles. The van der Waals surface area contributed by atoms with Gasteiger partial charge in [0.15, 0.2) is 17.5 Å². The highest BCUT2D eigenvalue weighted by atomic mass is 16.5. The van der Waals surface area contributed by atoms with Crippen molar-refractivity contribution in [3.63, 3.8) is 0 Å². The predicted octanol–water partition coefficient (Wildman–Crippen LogP) is 2.67. The van der Waals surface area contributed by atoms with E-state index in [0.29, 0.717) is 41.9 Å². The molecule has 0 aliphatic carbocycles. The van der Waals surface area contributed by atoms with Crippen LogP contribution in [0.1, 0.15) is 28.4 Å². The van der Waals surface area contributed by atoms with Crippen LogP contribution >= 0.6 is 0 Å². The van der Waals surface area contributed by atoms with Gasteiger partial charge in [0.1, 0.15) is 0 Å². The van der Waals surface area contributed by atoms with Crippen molar-refractivity contribution < 1.29 is 19.0 Å². The van der Waals surface area contributed by atoms with E-state index in [9.17, 15) is 4.79 Å². The molecule has 168 valence electrons. The van der Waals surface area contributed by atoms with Crippen LogP contribution < -0.4 is 24.8 Å². The summed E-state index contributed by atoms with van der Waals surface area (Å²) in [5.74, 6) is 2.44. The molecule has 2 rings (SSSR count). The predicted molar refractivity (Wildman–Crippen MR) is 122 cm³/mol. The van der Waals surface area contributed by atoms with Crippen molar-refractivity contribution in [1.82, 2.24) is 15.5 Å². The van der Waals surface area contributed by atoms with Crippen molar-refractivity contribution in [2.45, 2.75) is 20.0 Å². The van der Waals surface area contributed by atoms with Crippen molar-refractivity contribution in [1.29, 1.82) is 0 Å². The average molecular weight is 429 g/mol. The van der Waals surface area contributed by atoms with Gasteiger partial charge < -0.3 is 29.7 Å². The van der Waals surface area contributed by atoms with E-state index in [0.717, 1.165) is 17.7 Å². The van der Waals surface area contributed by atoms with Gasteiger partial charge in [0.2, 0.25) is 5.75 Å². The number of hydrogen-bond donors (Lipinski definition) is 2. The Balaban J connectivity index is 2.11. The van der Waals surface area contributed by atoms with Gasteiger partial charge in [0, 0.05) is 38.3 Å². The van der Waals surface area contributed by atoms with E-state index in [-0.39, 0.29) is 5.91 Å². The van der Waals surface area contributed by atoms with E-state index in [2.05, 4.69) is 15.6 Å². The lowest BCUT2D eigenvalue weighted by Gasteiger charge is -2.17. The molecule has 8 heteroatoms. The first-order valence-corrected chi connectivity index (χ1v) is 10.1. The number of ether oxygens (including phenoxy) is 3. The molecule has 0 fully saturated rings. The first-order chi connectivity index (χ1) is 14.9. The zero-order valence-electron chi connectivity index (χ0n) is 19.1. The molecular formula is C23H32N4O4. The smallest absolute Gasteiger partial charge is 0.253 e. The molecule has 8 nitrogen and oxygen atoms in total. The minimum Gasteiger partial charge on any atom is -0.493 e. The SMILES string of the molecule is CCNC(=NCc1ccc(C(=O)N(C)C)cc1)NCc1ccc(OC)c(OC)c1OC. The Hall–Kier alpha value is -3.42. The lowest BCUT2D eigenvalue weighted by atomic mass is 10.1. The highest BCUT2D eigenvalue weighted by Crippen LogP contribution is 2.39. The van der Waals surface area contributed by atoms with Gasteiger partial charge in [-0.2, -0.15) is 0 Å². The van der Waals surface area contributed by atoms with E-state index < -0.39 is 0 Å². The van der Waals surface area contributed by atoms with Gasteiger partial charge in [-0.05, 0) is 36.8 Å². The van der Waals surface area contributed by atoms with E-state index in [1.807, 2.05) is 43.3 Å². The lowest BCUT2D eigenvalue weighted by Crippen LogP contribution is -2.36. The van der Waals surface area contributed by atoms with Gasteiger partial charge in [0.05, 0.1) is 27.9 Å². The van der Waals surface area contributed by atoms with E-state index >= 15 is 0 Å². The molecular weight excluding hydrogens is 396 g/mol. The first-order valence-electron chi connectivity index (χ1n) is 10.1. The minimum atomic E-state index is -0.0195. The van der Waals surface area contributed by atoms with Crippen LogP contribution in [0.25, 0.3) is 0 Å². The molecule has 2 N–H and O–H groups in total. The number of benzene rings is 2. The minimum absolute atomic E-state index is 0.0195. The molecule has 0 saturated heterocycles. The number of nitrogens with zero attached hydrogens (tertiary/aromatic N) is 2. The summed E-state index contributed by atoms with van der Waals surface area (Å²) in [6.45, 7) is 3.71. The van der Waals surface area contributed by atoms with Crippen LogP contribution in [0.15, 0.2) is 41.4 Å². The van der Waals surface area contributed by atoms with Gasteiger partial charge in [-0.15, -0.1) is 0 Å². The number of guanidine groups is 1. The highest BCUT2D eigenvalue weighted by molar-refractivity contribution is 5.93. The molecule has 1 amide bonds. The number of amides is 1. The molecule has 0 aromatic heterocycles. The third kappa shape index (κ3) is 6.28. The summed E-state index contributed by atoms with van der Waals surface area (Å²) in [6.07, 6.45) is 0. The first kappa shape index (κ1) is 23.9. The molecule has 0 radical (unpaired) electrons. The Morgan fingerprint density at radius 2 is 1.61 bits per heavy atom. The summed E-state index contributed by atoms with van der Waals surface area (Å²) in [5.41, 5.74) is 2.58. The fourth-order valence-corrected chi connectivity index (χ4v) is 3.00. The van der Waals surface area contributed by atoms with Crippen LogP contribution in [-0.4, -0.2) is 58.7 Å². The summed E-state index contributed by atoms with van der Waals surface area (Å²) < 4.78 is 16.3. The monoisotopic (exact) mass is 428 g/mol. The zero-order valence-corrected chi connectivity index (χ0v) is 19.1. The average Bonchev–Trinajstić information content (AvgIpc) is 2.79. The van der Waals surface area contributed by atoms with Gasteiger partial charge >= 0.3 is 0 Å². The quantitative estimate of drug-likeness (QED) is 0.472. The van der Waals surface area contributed by atoms with Gasteiger partial charge in [0.25, 0.3) is 5.91 Å². The normalized spacial score (nSPS) is 11.0. The van der Waals surface area contributed by atoms with Crippen LogP contribution in [0, 0.1) is 0 Å². The maximum Gasteiger partial charge on any atom is 0.253 e. The number of methoxy groups -OCH3 is 3. The van der Waals surface area contributed by atoms with Crippen molar-refractivity contribution in [2.24, 2.45) is 4.99 Å². The van der Waals surface area contributed by atoms with Gasteiger partial charge in [-0.3, -0.25) is 4.79 Å². The molecule has 2 aromatic carbocycles. The fourth-order valence-electron chi connectivity index (χ4n) is 3.00. The number of hydrogen-bond acceptors (Lipinski definition) is 5. The van der Waals surface area contributed by atoms with E-state index in [4.69, 9.17) is 14.2 Å². The lowest BCUT2D eigenvalue weighted by molar-refractivity contribution is 0.0827. The van der Waals surface area contributed by atoms with Crippen molar-refractivity contribution in [2.75, 3.05) is 42.0 Å². The second kappa shape index (κ2) is 11.7. The standard InChI is InChI=1S/C23H32N4O4/c1-7-24-23(25-14-16-8-10-17(11-9-16)22(28)27(2)3)26-15-18-12-13-19(29-4)21(31-6)20(18)30-5/h8-13H,7,14-15H2,1-6H3,(H2,24,25,26).